The fourth-order valence-corrected chi connectivity index (χ4v) is 1.71. The van der Waals surface area contributed by atoms with Gasteiger partial charge in [0, 0.05) is 5.56 Å². The van der Waals surface area contributed by atoms with E-state index in [9.17, 15) is 5.11 Å². The molecule has 2 N–H and O–H groups in total. The second-order valence-corrected chi connectivity index (χ2v) is 4.27. The molecule has 0 heterocycles. The number of hydrazone groups is 1. The Morgan fingerprint density at radius 2 is 1.82 bits per heavy atom. The van der Waals surface area contributed by atoms with Gasteiger partial charge >= 0.3 is 0 Å². The zero-order valence-corrected chi connectivity index (χ0v) is 10.6. The van der Waals surface area contributed by atoms with Crippen molar-refractivity contribution in [2.45, 2.75) is 0 Å². The van der Waals surface area contributed by atoms with Gasteiger partial charge in [0.25, 0.3) is 0 Å². The zero-order chi connectivity index (χ0) is 12.1. The molecule has 0 amide bonds. The first-order valence-electron chi connectivity index (χ1n) is 5.09. The lowest BCUT2D eigenvalue weighted by atomic mass is 10.2. The van der Waals surface area contributed by atoms with Gasteiger partial charge in [-0.2, -0.15) is 5.10 Å². The number of nitrogens with zero attached hydrogens (tertiary/aromatic N) is 1. The molecule has 0 radical (unpaired) electrons. The van der Waals surface area contributed by atoms with E-state index in [1.165, 1.54) is 0 Å². The maximum atomic E-state index is 9.73. The molecule has 4 heteroatoms. The molecule has 17 heavy (non-hydrogen) atoms. The van der Waals surface area contributed by atoms with Crippen LogP contribution < -0.4 is 5.43 Å². The second-order valence-electron chi connectivity index (χ2n) is 3.41. The predicted octanol–water partition coefficient (Wildman–Crippen LogP) is 3.60. The number of benzene rings is 2. The molecule has 0 aliphatic rings. The molecule has 3 nitrogen and oxygen atoms in total. The van der Waals surface area contributed by atoms with Crippen LogP contribution >= 0.6 is 15.9 Å². The first kappa shape index (κ1) is 11.7. The Bertz CT molecular complexity index is 526. The molecule has 0 unspecified atom stereocenters. The number of anilines is 1. The average molecular weight is 291 g/mol. The van der Waals surface area contributed by atoms with E-state index in [0.29, 0.717) is 10.0 Å². The van der Waals surface area contributed by atoms with Gasteiger partial charge in [0.15, 0.2) is 0 Å². The normalized spacial score (nSPS) is 10.6. The monoisotopic (exact) mass is 290 g/mol. The summed E-state index contributed by atoms with van der Waals surface area (Å²) in [5, 5.41) is 13.8. The van der Waals surface area contributed by atoms with Gasteiger partial charge in [0.05, 0.1) is 16.4 Å². The number of rotatable bonds is 3. The van der Waals surface area contributed by atoms with Crippen molar-refractivity contribution >= 4 is 27.8 Å². The summed E-state index contributed by atoms with van der Waals surface area (Å²) in [7, 11) is 0. The van der Waals surface area contributed by atoms with Crippen LogP contribution in [0.5, 0.6) is 5.75 Å². The van der Waals surface area contributed by atoms with Gasteiger partial charge in [-0.15, -0.1) is 0 Å². The Kier molecular flexibility index (Phi) is 3.77. The van der Waals surface area contributed by atoms with Gasteiger partial charge in [0.2, 0.25) is 0 Å². The van der Waals surface area contributed by atoms with Crippen molar-refractivity contribution in [2.24, 2.45) is 5.10 Å². The lowest BCUT2D eigenvalue weighted by molar-refractivity contribution is 0.471. The molecule has 0 aliphatic carbocycles. The maximum absolute atomic E-state index is 9.73. The minimum Gasteiger partial charge on any atom is -0.506 e. The van der Waals surface area contributed by atoms with Crippen LogP contribution in [0.3, 0.4) is 0 Å². The molecule has 2 rings (SSSR count). The minimum atomic E-state index is 0.186. The Balaban J connectivity index is 2.09. The first-order valence-corrected chi connectivity index (χ1v) is 5.88. The Morgan fingerprint density at radius 3 is 2.59 bits per heavy atom. The molecule has 0 saturated carbocycles. The molecular weight excluding hydrogens is 280 g/mol. The van der Waals surface area contributed by atoms with E-state index in [1.807, 2.05) is 36.4 Å². The van der Waals surface area contributed by atoms with Crippen molar-refractivity contribution in [2.75, 3.05) is 5.43 Å². The quantitative estimate of drug-likeness (QED) is 0.670. The molecule has 0 aliphatic heterocycles. The fraction of sp³-hybridized carbons (Fsp3) is 0. The van der Waals surface area contributed by atoms with E-state index in [1.54, 1.807) is 18.3 Å². The van der Waals surface area contributed by atoms with E-state index >= 15 is 0 Å². The van der Waals surface area contributed by atoms with Crippen LogP contribution in [-0.4, -0.2) is 11.3 Å². The van der Waals surface area contributed by atoms with Crippen molar-refractivity contribution in [1.29, 1.82) is 0 Å². The van der Waals surface area contributed by atoms with E-state index in [0.717, 1.165) is 5.69 Å². The van der Waals surface area contributed by atoms with Crippen LogP contribution in [0.4, 0.5) is 5.69 Å². The molecule has 2 aromatic carbocycles. The van der Waals surface area contributed by atoms with E-state index < -0.39 is 0 Å². The van der Waals surface area contributed by atoms with Crippen molar-refractivity contribution < 1.29 is 5.11 Å². The molecular formula is C13H11BrN2O. The van der Waals surface area contributed by atoms with E-state index in [-0.39, 0.29) is 5.75 Å². The summed E-state index contributed by atoms with van der Waals surface area (Å²) in [6, 6.07) is 15.0. The summed E-state index contributed by atoms with van der Waals surface area (Å²) in [5.74, 6) is 0.186. The van der Waals surface area contributed by atoms with Crippen LogP contribution in [0.2, 0.25) is 0 Å². The lowest BCUT2D eigenvalue weighted by Crippen LogP contribution is -1.90. The van der Waals surface area contributed by atoms with Gasteiger partial charge in [-0.1, -0.05) is 24.3 Å². The lowest BCUT2D eigenvalue weighted by Gasteiger charge is -2.01. The molecule has 0 bridgehead atoms. The third kappa shape index (κ3) is 3.07. The molecule has 0 spiro atoms. The van der Waals surface area contributed by atoms with Crippen LogP contribution in [0, 0.1) is 0 Å². The number of aromatic hydroxyl groups is 1. The summed E-state index contributed by atoms with van der Waals surface area (Å²) in [6.07, 6.45) is 1.58. The number of para-hydroxylation sites is 2. The van der Waals surface area contributed by atoms with Gasteiger partial charge in [0.1, 0.15) is 5.75 Å². The van der Waals surface area contributed by atoms with Gasteiger partial charge in [-0.25, -0.2) is 0 Å². The summed E-state index contributed by atoms with van der Waals surface area (Å²) in [6.45, 7) is 0. The summed E-state index contributed by atoms with van der Waals surface area (Å²) in [4.78, 5) is 0. The third-order valence-electron chi connectivity index (χ3n) is 2.19. The summed E-state index contributed by atoms with van der Waals surface area (Å²) >= 11 is 3.25. The number of hydrogen-bond acceptors (Lipinski definition) is 3. The molecule has 86 valence electrons. The van der Waals surface area contributed by atoms with Gasteiger partial charge in [-0.05, 0) is 40.2 Å². The smallest absolute Gasteiger partial charge is 0.138 e. The third-order valence-corrected chi connectivity index (χ3v) is 2.83. The number of phenolic OH excluding ortho intramolecular Hbond substituents is 1. The first-order chi connectivity index (χ1) is 8.27. The minimum absolute atomic E-state index is 0.186. The van der Waals surface area contributed by atoms with Crippen molar-refractivity contribution in [3.05, 3.63) is 58.6 Å². The largest absolute Gasteiger partial charge is 0.506 e. The van der Waals surface area contributed by atoms with Crippen molar-refractivity contribution in [3.8, 4) is 5.75 Å². The number of hydrogen-bond donors (Lipinski definition) is 2. The van der Waals surface area contributed by atoms with Crippen LogP contribution in [0.15, 0.2) is 58.1 Å². The highest BCUT2D eigenvalue weighted by Gasteiger charge is 2.01. The Labute approximate surface area is 108 Å². The number of halogens is 1. The van der Waals surface area contributed by atoms with Crippen LogP contribution in [-0.2, 0) is 0 Å². The Hall–Kier alpha value is -1.81. The fourth-order valence-electron chi connectivity index (χ4n) is 1.33. The number of nitrogens with one attached hydrogen (secondary N) is 1. The highest BCUT2D eigenvalue weighted by molar-refractivity contribution is 9.10. The average Bonchev–Trinajstić information content (AvgIpc) is 2.36. The molecule has 2 aromatic rings. The van der Waals surface area contributed by atoms with Gasteiger partial charge < -0.3 is 5.11 Å². The van der Waals surface area contributed by atoms with Crippen LogP contribution in [0.25, 0.3) is 0 Å². The molecule has 0 saturated heterocycles. The van der Waals surface area contributed by atoms with Crippen molar-refractivity contribution in [1.82, 2.24) is 0 Å². The van der Waals surface area contributed by atoms with Crippen LogP contribution in [0.1, 0.15) is 5.56 Å². The zero-order valence-electron chi connectivity index (χ0n) is 8.97. The van der Waals surface area contributed by atoms with E-state index in [2.05, 4.69) is 26.5 Å². The van der Waals surface area contributed by atoms with E-state index in [4.69, 9.17) is 0 Å². The topological polar surface area (TPSA) is 44.6 Å². The maximum Gasteiger partial charge on any atom is 0.138 e. The molecule has 0 aromatic heterocycles. The standard InChI is InChI=1S/C13H11BrN2O/c14-12-8-4-5-10(13(12)17)9-15-16-11-6-2-1-3-7-11/h1-9,16-17H/b15-9+. The van der Waals surface area contributed by atoms with Gasteiger partial charge in [-0.3, -0.25) is 5.43 Å². The molecule has 0 fully saturated rings. The highest BCUT2D eigenvalue weighted by atomic mass is 79.9. The highest BCUT2D eigenvalue weighted by Crippen LogP contribution is 2.25. The summed E-state index contributed by atoms with van der Waals surface area (Å²) < 4.78 is 0.654. The SMILES string of the molecule is Oc1c(Br)cccc1/C=N/Nc1ccccc1. The van der Waals surface area contributed by atoms with Crippen molar-refractivity contribution in [3.63, 3.8) is 0 Å². The molecule has 0 atom stereocenters. The summed E-state index contributed by atoms with van der Waals surface area (Å²) in [5.41, 5.74) is 4.44. The Morgan fingerprint density at radius 1 is 1.06 bits per heavy atom. The second kappa shape index (κ2) is 5.50. The number of phenols is 1. The predicted molar refractivity (Wildman–Crippen MR) is 73.5 cm³/mol.